The van der Waals surface area contributed by atoms with Crippen molar-refractivity contribution >= 4 is 12.6 Å². The molecule has 2 heterocycles. The van der Waals surface area contributed by atoms with Gasteiger partial charge in [0.05, 0.1) is 12.9 Å². The van der Waals surface area contributed by atoms with Crippen molar-refractivity contribution in [2.45, 2.75) is 0 Å². The third-order valence-electron chi connectivity index (χ3n) is 1.46. The molecule has 0 unspecified atom stereocenters. The first-order chi connectivity index (χ1) is 4.97. The molecule has 0 amide bonds. The molecule has 2 aliphatic rings. The van der Waals surface area contributed by atoms with E-state index < -0.39 is 0 Å². The Balaban J connectivity index is 2.35. The summed E-state index contributed by atoms with van der Waals surface area (Å²) < 4.78 is 0. The summed E-state index contributed by atoms with van der Waals surface area (Å²) in [5.41, 5.74) is 1.18. The molecular formula is C7H7N3. The van der Waals surface area contributed by atoms with E-state index in [9.17, 15) is 0 Å². The van der Waals surface area contributed by atoms with Crippen LogP contribution >= 0.6 is 0 Å². The van der Waals surface area contributed by atoms with Gasteiger partial charge in [0, 0.05) is 24.3 Å². The van der Waals surface area contributed by atoms with E-state index in [-0.39, 0.29) is 0 Å². The number of fused-ring (bicyclic) bond motifs is 1. The zero-order valence-corrected chi connectivity index (χ0v) is 5.44. The van der Waals surface area contributed by atoms with E-state index in [0.717, 1.165) is 6.54 Å². The summed E-state index contributed by atoms with van der Waals surface area (Å²) in [6.07, 6.45) is 9.19. The Kier molecular flexibility index (Phi) is 1.13. The van der Waals surface area contributed by atoms with Crippen LogP contribution in [0.25, 0.3) is 0 Å². The second-order valence-corrected chi connectivity index (χ2v) is 2.12. The molecule has 0 saturated heterocycles. The van der Waals surface area contributed by atoms with Crippen molar-refractivity contribution in [3.05, 3.63) is 24.2 Å². The zero-order chi connectivity index (χ0) is 6.81. The summed E-state index contributed by atoms with van der Waals surface area (Å²) in [6, 6.07) is 0. The summed E-state index contributed by atoms with van der Waals surface area (Å²) in [4.78, 5) is 10.0. The van der Waals surface area contributed by atoms with Crippen LogP contribution in [0.2, 0.25) is 0 Å². The normalized spacial score (nSPS) is 20.8. The van der Waals surface area contributed by atoms with Gasteiger partial charge in [-0.1, -0.05) is 0 Å². The van der Waals surface area contributed by atoms with E-state index in [4.69, 9.17) is 0 Å². The van der Waals surface area contributed by atoms with Gasteiger partial charge < -0.3 is 4.90 Å². The molecule has 0 atom stereocenters. The van der Waals surface area contributed by atoms with E-state index in [1.807, 2.05) is 17.2 Å². The predicted molar refractivity (Wildman–Crippen MR) is 40.9 cm³/mol. The molecule has 3 heteroatoms. The van der Waals surface area contributed by atoms with Crippen molar-refractivity contribution in [3.8, 4) is 0 Å². The number of aliphatic imine (C=N–C) groups is 2. The SMILES string of the molecule is C1=CN2C=NCC2=CC=N1. The molecule has 0 bridgehead atoms. The Morgan fingerprint density at radius 2 is 2.50 bits per heavy atom. The molecule has 10 heavy (non-hydrogen) atoms. The average molecular weight is 133 g/mol. The van der Waals surface area contributed by atoms with Gasteiger partial charge in [0.1, 0.15) is 0 Å². The van der Waals surface area contributed by atoms with Crippen molar-refractivity contribution in [1.82, 2.24) is 4.90 Å². The van der Waals surface area contributed by atoms with E-state index in [1.165, 1.54) is 5.70 Å². The van der Waals surface area contributed by atoms with E-state index in [1.54, 1.807) is 18.8 Å². The van der Waals surface area contributed by atoms with Crippen molar-refractivity contribution in [2.75, 3.05) is 6.54 Å². The summed E-state index contributed by atoms with van der Waals surface area (Å²) in [7, 11) is 0. The molecule has 3 nitrogen and oxygen atoms in total. The fraction of sp³-hybridized carbons (Fsp3) is 0.143. The predicted octanol–water partition coefficient (Wildman–Crippen LogP) is 0.770. The van der Waals surface area contributed by atoms with E-state index in [2.05, 4.69) is 9.98 Å². The highest BCUT2D eigenvalue weighted by molar-refractivity contribution is 5.76. The van der Waals surface area contributed by atoms with Crippen LogP contribution in [0.4, 0.5) is 0 Å². The Hall–Kier alpha value is -1.38. The van der Waals surface area contributed by atoms with Gasteiger partial charge in [-0.2, -0.15) is 0 Å². The number of hydrogen-bond donors (Lipinski definition) is 0. The second kappa shape index (κ2) is 2.10. The Morgan fingerprint density at radius 3 is 3.50 bits per heavy atom. The van der Waals surface area contributed by atoms with Gasteiger partial charge in [-0.3, -0.25) is 9.98 Å². The second-order valence-electron chi connectivity index (χ2n) is 2.12. The molecule has 0 saturated carbocycles. The van der Waals surface area contributed by atoms with Crippen LogP contribution in [-0.2, 0) is 0 Å². The number of allylic oxidation sites excluding steroid dienone is 1. The molecule has 0 spiro atoms. The lowest BCUT2D eigenvalue weighted by molar-refractivity contribution is 0.733. The molecule has 0 aromatic rings. The van der Waals surface area contributed by atoms with Gasteiger partial charge in [0.15, 0.2) is 0 Å². The standard InChI is InChI=1S/C7H7N3/c1-2-8-3-4-10-6-9-5-7(1)10/h1-4,6H,5H2. The van der Waals surface area contributed by atoms with Gasteiger partial charge >= 0.3 is 0 Å². The van der Waals surface area contributed by atoms with Crippen LogP contribution in [0, 0.1) is 0 Å². The van der Waals surface area contributed by atoms with Gasteiger partial charge in [-0.05, 0) is 6.08 Å². The van der Waals surface area contributed by atoms with Crippen LogP contribution in [0.3, 0.4) is 0 Å². The summed E-state index contributed by atoms with van der Waals surface area (Å²) in [5.74, 6) is 0. The summed E-state index contributed by atoms with van der Waals surface area (Å²) in [5, 5.41) is 0. The highest BCUT2D eigenvalue weighted by Crippen LogP contribution is 2.10. The van der Waals surface area contributed by atoms with Crippen LogP contribution in [0.15, 0.2) is 34.2 Å². The highest BCUT2D eigenvalue weighted by Gasteiger charge is 2.08. The van der Waals surface area contributed by atoms with Gasteiger partial charge in [0.2, 0.25) is 0 Å². The average Bonchev–Trinajstić information content (AvgIpc) is 2.28. The van der Waals surface area contributed by atoms with Crippen LogP contribution in [0.1, 0.15) is 0 Å². The summed E-state index contributed by atoms with van der Waals surface area (Å²) >= 11 is 0. The molecule has 50 valence electrons. The minimum Gasteiger partial charge on any atom is -0.308 e. The van der Waals surface area contributed by atoms with Crippen LogP contribution < -0.4 is 0 Å². The first kappa shape index (κ1) is 5.41. The molecule has 2 aliphatic heterocycles. The number of nitrogens with zero attached hydrogens (tertiary/aromatic N) is 3. The van der Waals surface area contributed by atoms with Crippen molar-refractivity contribution in [1.29, 1.82) is 0 Å². The Morgan fingerprint density at radius 1 is 1.50 bits per heavy atom. The maximum Gasteiger partial charge on any atom is 0.0938 e. The first-order valence-corrected chi connectivity index (χ1v) is 3.14. The number of rotatable bonds is 0. The maximum atomic E-state index is 4.09. The third-order valence-corrected chi connectivity index (χ3v) is 1.46. The lowest BCUT2D eigenvalue weighted by Crippen LogP contribution is -2.08. The highest BCUT2D eigenvalue weighted by atomic mass is 15.2. The summed E-state index contributed by atoms with van der Waals surface area (Å²) in [6.45, 7) is 0.774. The fourth-order valence-electron chi connectivity index (χ4n) is 0.940. The molecule has 2 rings (SSSR count). The quantitative estimate of drug-likeness (QED) is 0.479. The molecule has 0 fully saturated rings. The Bertz CT molecular complexity index is 248. The lowest BCUT2D eigenvalue weighted by Gasteiger charge is -2.07. The molecule has 0 aromatic heterocycles. The smallest absolute Gasteiger partial charge is 0.0938 e. The number of hydrogen-bond acceptors (Lipinski definition) is 3. The maximum absolute atomic E-state index is 4.09. The third kappa shape index (κ3) is 0.757. The molecule has 0 N–H and O–H groups in total. The monoisotopic (exact) mass is 133 g/mol. The lowest BCUT2D eigenvalue weighted by atomic mass is 10.4. The van der Waals surface area contributed by atoms with E-state index in [0.29, 0.717) is 0 Å². The van der Waals surface area contributed by atoms with Gasteiger partial charge in [0.25, 0.3) is 0 Å². The molecule has 0 radical (unpaired) electrons. The van der Waals surface area contributed by atoms with Crippen LogP contribution in [0.5, 0.6) is 0 Å². The van der Waals surface area contributed by atoms with Gasteiger partial charge in [-0.25, -0.2) is 0 Å². The van der Waals surface area contributed by atoms with Gasteiger partial charge in [-0.15, -0.1) is 0 Å². The largest absolute Gasteiger partial charge is 0.308 e. The van der Waals surface area contributed by atoms with Crippen molar-refractivity contribution in [3.63, 3.8) is 0 Å². The van der Waals surface area contributed by atoms with E-state index >= 15 is 0 Å². The minimum absolute atomic E-state index is 0.774. The minimum atomic E-state index is 0.774. The van der Waals surface area contributed by atoms with Crippen molar-refractivity contribution < 1.29 is 0 Å². The zero-order valence-electron chi connectivity index (χ0n) is 5.44. The topological polar surface area (TPSA) is 28.0 Å². The molecule has 0 aliphatic carbocycles. The Labute approximate surface area is 59.1 Å². The fourth-order valence-corrected chi connectivity index (χ4v) is 0.940. The van der Waals surface area contributed by atoms with Crippen molar-refractivity contribution in [2.24, 2.45) is 9.98 Å². The molecular weight excluding hydrogens is 126 g/mol. The first-order valence-electron chi connectivity index (χ1n) is 3.14. The van der Waals surface area contributed by atoms with Crippen LogP contribution in [-0.4, -0.2) is 24.0 Å². The molecule has 0 aromatic carbocycles.